The Bertz CT molecular complexity index is 993. The van der Waals surface area contributed by atoms with E-state index in [4.69, 9.17) is 5.10 Å². The summed E-state index contributed by atoms with van der Waals surface area (Å²) in [4.78, 5) is 31.7. The molecule has 7 heteroatoms. The van der Waals surface area contributed by atoms with Crippen molar-refractivity contribution in [3.63, 3.8) is 0 Å². The Morgan fingerprint density at radius 3 is 2.84 bits per heavy atom. The molecule has 2 aliphatic carbocycles. The van der Waals surface area contributed by atoms with Crippen LogP contribution in [0, 0.1) is 11.8 Å². The number of pyridine rings is 1. The Morgan fingerprint density at radius 1 is 1.13 bits per heavy atom. The number of piperidine rings is 1. The lowest BCUT2D eigenvalue weighted by atomic mass is 9.89. The SMILES string of the molecule is O=C(NCCn1nc([C@@H]2CCCN(C(=O)[C@H]3CC=CCC3)C2)c2cccnc21)C1CC1. The van der Waals surface area contributed by atoms with Crippen LogP contribution in [0.4, 0.5) is 0 Å². The van der Waals surface area contributed by atoms with Crippen LogP contribution in [0.3, 0.4) is 0 Å². The number of hydrogen-bond donors (Lipinski definition) is 1. The number of nitrogens with zero attached hydrogens (tertiary/aromatic N) is 4. The van der Waals surface area contributed by atoms with E-state index in [1.54, 1.807) is 6.20 Å². The largest absolute Gasteiger partial charge is 0.354 e. The van der Waals surface area contributed by atoms with E-state index >= 15 is 0 Å². The summed E-state index contributed by atoms with van der Waals surface area (Å²) in [6.07, 6.45) is 13.0. The van der Waals surface area contributed by atoms with E-state index in [-0.39, 0.29) is 23.7 Å². The van der Waals surface area contributed by atoms with Crippen LogP contribution >= 0.6 is 0 Å². The Balaban J connectivity index is 1.31. The summed E-state index contributed by atoms with van der Waals surface area (Å²) in [5.41, 5.74) is 1.90. The topological polar surface area (TPSA) is 80.1 Å². The summed E-state index contributed by atoms with van der Waals surface area (Å²) in [6.45, 7) is 2.75. The molecule has 1 N–H and O–H groups in total. The lowest BCUT2D eigenvalue weighted by Crippen LogP contribution is -2.42. The summed E-state index contributed by atoms with van der Waals surface area (Å²) in [6, 6.07) is 4.03. The first kappa shape index (κ1) is 20.2. The van der Waals surface area contributed by atoms with Crippen LogP contribution in [0.15, 0.2) is 30.5 Å². The Hall–Kier alpha value is -2.70. The van der Waals surface area contributed by atoms with Gasteiger partial charge >= 0.3 is 0 Å². The molecule has 0 spiro atoms. The smallest absolute Gasteiger partial charge is 0.226 e. The maximum absolute atomic E-state index is 13.1. The Labute approximate surface area is 182 Å². The van der Waals surface area contributed by atoms with Gasteiger partial charge in [-0.2, -0.15) is 5.10 Å². The van der Waals surface area contributed by atoms with Crippen LogP contribution in [0.2, 0.25) is 0 Å². The minimum atomic E-state index is 0.134. The van der Waals surface area contributed by atoms with Gasteiger partial charge in [-0.1, -0.05) is 12.2 Å². The zero-order valence-electron chi connectivity index (χ0n) is 18.0. The van der Waals surface area contributed by atoms with Crippen LogP contribution in [0.25, 0.3) is 11.0 Å². The van der Waals surface area contributed by atoms with Crippen molar-refractivity contribution in [2.24, 2.45) is 11.8 Å². The first-order valence-corrected chi connectivity index (χ1v) is 11.7. The Kier molecular flexibility index (Phi) is 5.74. The third-order valence-corrected chi connectivity index (χ3v) is 6.84. The number of rotatable bonds is 6. The van der Waals surface area contributed by atoms with Crippen molar-refractivity contribution in [3.8, 4) is 0 Å². The molecule has 3 heterocycles. The second kappa shape index (κ2) is 8.81. The van der Waals surface area contributed by atoms with Gasteiger partial charge < -0.3 is 10.2 Å². The molecule has 2 aromatic heterocycles. The molecular formula is C24H31N5O2. The van der Waals surface area contributed by atoms with E-state index in [9.17, 15) is 9.59 Å². The fraction of sp³-hybridized carbons (Fsp3) is 0.583. The molecule has 1 saturated carbocycles. The maximum Gasteiger partial charge on any atom is 0.226 e. The van der Waals surface area contributed by atoms with Crippen LogP contribution in [0.1, 0.15) is 56.6 Å². The van der Waals surface area contributed by atoms with Crippen molar-refractivity contribution in [2.75, 3.05) is 19.6 Å². The van der Waals surface area contributed by atoms with Crippen molar-refractivity contribution in [2.45, 2.75) is 57.4 Å². The standard InChI is InChI=1S/C24H31N5O2/c30-23(17-10-11-17)26-13-15-29-22-20(9-4-12-25-22)21(27-29)19-8-5-14-28(16-19)24(31)18-6-2-1-3-7-18/h1-2,4,9,12,17-19H,3,5-8,10-11,13-16H2,(H,26,30)/t18-,19+/m0/s1. The summed E-state index contributed by atoms with van der Waals surface area (Å²) in [5, 5.41) is 9.01. The van der Waals surface area contributed by atoms with Gasteiger partial charge in [0.1, 0.15) is 0 Å². The lowest BCUT2D eigenvalue weighted by molar-refractivity contribution is -0.137. The third kappa shape index (κ3) is 4.36. The second-order valence-electron chi connectivity index (χ2n) is 9.15. The van der Waals surface area contributed by atoms with E-state index < -0.39 is 0 Å². The minimum absolute atomic E-state index is 0.134. The average molecular weight is 422 g/mol. The van der Waals surface area contributed by atoms with Crippen LogP contribution < -0.4 is 5.32 Å². The highest BCUT2D eigenvalue weighted by Crippen LogP contribution is 2.33. The molecule has 3 aliphatic rings. The number of aromatic nitrogens is 3. The maximum atomic E-state index is 13.1. The van der Waals surface area contributed by atoms with E-state index in [2.05, 4.69) is 33.4 Å². The number of carbonyl (C=O) groups is 2. The number of likely N-dealkylation sites (tertiary alicyclic amines) is 1. The zero-order valence-corrected chi connectivity index (χ0v) is 18.0. The number of carbonyl (C=O) groups excluding carboxylic acids is 2. The molecule has 2 atom stereocenters. The van der Waals surface area contributed by atoms with Crippen LogP contribution in [-0.4, -0.2) is 51.1 Å². The number of allylic oxidation sites excluding steroid dienone is 2. The highest BCUT2D eigenvalue weighted by atomic mass is 16.2. The molecule has 0 unspecified atom stereocenters. The molecule has 2 fully saturated rings. The van der Waals surface area contributed by atoms with Crippen molar-refractivity contribution in [1.82, 2.24) is 25.0 Å². The molecular weight excluding hydrogens is 390 g/mol. The average Bonchev–Trinajstić information content (AvgIpc) is 3.61. The fourth-order valence-electron chi connectivity index (χ4n) is 4.94. The van der Waals surface area contributed by atoms with Gasteiger partial charge in [0.2, 0.25) is 11.8 Å². The van der Waals surface area contributed by atoms with Gasteiger partial charge in [0.25, 0.3) is 0 Å². The van der Waals surface area contributed by atoms with Gasteiger partial charge in [-0.25, -0.2) is 9.67 Å². The van der Waals surface area contributed by atoms with Gasteiger partial charge in [0.15, 0.2) is 5.65 Å². The minimum Gasteiger partial charge on any atom is -0.354 e. The van der Waals surface area contributed by atoms with Gasteiger partial charge in [-0.3, -0.25) is 9.59 Å². The predicted molar refractivity (Wildman–Crippen MR) is 118 cm³/mol. The molecule has 0 bridgehead atoms. The number of nitrogens with one attached hydrogen (secondary N) is 1. The highest BCUT2D eigenvalue weighted by Gasteiger charge is 2.32. The molecule has 2 aromatic rings. The molecule has 0 aromatic carbocycles. The quantitative estimate of drug-likeness (QED) is 0.727. The van der Waals surface area contributed by atoms with Crippen molar-refractivity contribution in [1.29, 1.82) is 0 Å². The van der Waals surface area contributed by atoms with Crippen molar-refractivity contribution >= 4 is 22.8 Å². The molecule has 2 amide bonds. The molecule has 31 heavy (non-hydrogen) atoms. The predicted octanol–water partition coefficient (Wildman–Crippen LogP) is 3.02. The third-order valence-electron chi connectivity index (χ3n) is 6.84. The fourth-order valence-corrected chi connectivity index (χ4v) is 4.94. The molecule has 7 nitrogen and oxygen atoms in total. The summed E-state index contributed by atoms with van der Waals surface area (Å²) in [7, 11) is 0. The normalized spacial score (nSPS) is 23.8. The van der Waals surface area contributed by atoms with Crippen molar-refractivity contribution in [3.05, 3.63) is 36.2 Å². The van der Waals surface area contributed by atoms with Gasteiger partial charge in [-0.05, 0) is 57.1 Å². The monoisotopic (exact) mass is 421 g/mol. The van der Waals surface area contributed by atoms with Crippen molar-refractivity contribution < 1.29 is 9.59 Å². The summed E-state index contributed by atoms with van der Waals surface area (Å²) >= 11 is 0. The molecule has 0 radical (unpaired) electrons. The highest BCUT2D eigenvalue weighted by molar-refractivity contribution is 5.81. The number of hydrogen-bond acceptors (Lipinski definition) is 4. The molecule has 1 saturated heterocycles. The van der Waals surface area contributed by atoms with E-state index in [1.165, 1.54) is 0 Å². The van der Waals surface area contributed by atoms with E-state index in [0.29, 0.717) is 19.0 Å². The number of amides is 2. The van der Waals surface area contributed by atoms with E-state index in [0.717, 1.165) is 74.8 Å². The second-order valence-corrected chi connectivity index (χ2v) is 9.15. The summed E-state index contributed by atoms with van der Waals surface area (Å²) < 4.78 is 1.92. The summed E-state index contributed by atoms with van der Waals surface area (Å²) in [5.74, 6) is 1.04. The first-order chi connectivity index (χ1) is 15.2. The van der Waals surface area contributed by atoms with Gasteiger partial charge in [-0.15, -0.1) is 0 Å². The van der Waals surface area contributed by atoms with Gasteiger partial charge in [0, 0.05) is 49.0 Å². The molecule has 5 rings (SSSR count). The number of fused-ring (bicyclic) bond motifs is 1. The van der Waals surface area contributed by atoms with Crippen LogP contribution in [-0.2, 0) is 16.1 Å². The molecule has 164 valence electrons. The molecule has 1 aliphatic heterocycles. The Morgan fingerprint density at radius 2 is 2.03 bits per heavy atom. The zero-order chi connectivity index (χ0) is 21.2. The van der Waals surface area contributed by atoms with Gasteiger partial charge in [0.05, 0.1) is 12.2 Å². The first-order valence-electron chi connectivity index (χ1n) is 11.7. The lowest BCUT2D eigenvalue weighted by Gasteiger charge is -2.35. The van der Waals surface area contributed by atoms with E-state index in [1.807, 2.05) is 10.7 Å². The van der Waals surface area contributed by atoms with Crippen LogP contribution in [0.5, 0.6) is 0 Å².